The number of fused-ring (bicyclic) bond motifs is 1. The monoisotopic (exact) mass is 377 g/mol. The summed E-state index contributed by atoms with van der Waals surface area (Å²) in [5.41, 5.74) is 4.85. The molecule has 6 heteroatoms. The molecule has 144 valence electrons. The predicted molar refractivity (Wildman–Crippen MR) is 106 cm³/mol. The Morgan fingerprint density at radius 1 is 1.25 bits per heavy atom. The van der Waals surface area contributed by atoms with Crippen molar-refractivity contribution in [1.82, 2.24) is 14.8 Å². The van der Waals surface area contributed by atoms with Crippen LogP contribution in [0.25, 0.3) is 5.82 Å². The molecule has 1 atom stereocenters. The summed E-state index contributed by atoms with van der Waals surface area (Å²) in [6.45, 7) is 2.01. The van der Waals surface area contributed by atoms with Gasteiger partial charge < -0.3 is 9.84 Å². The van der Waals surface area contributed by atoms with Crippen LogP contribution in [-0.4, -0.2) is 27.0 Å². The molecular formula is C22H23N3O3. The lowest BCUT2D eigenvalue weighted by Gasteiger charge is -2.26. The molecular weight excluding hydrogens is 354 g/mol. The molecule has 1 unspecified atom stereocenters. The van der Waals surface area contributed by atoms with Gasteiger partial charge in [0.15, 0.2) is 5.82 Å². The number of aromatic nitrogens is 3. The number of nitrogens with zero attached hydrogens (tertiary/aromatic N) is 3. The molecule has 2 heterocycles. The van der Waals surface area contributed by atoms with Crippen molar-refractivity contribution < 1.29 is 9.84 Å². The summed E-state index contributed by atoms with van der Waals surface area (Å²) in [5, 5.41) is 13.5. The first-order valence-electron chi connectivity index (χ1n) is 9.42. The Bertz CT molecular complexity index is 1060. The quantitative estimate of drug-likeness (QED) is 0.756. The average molecular weight is 377 g/mol. The number of aliphatic hydroxyl groups excluding tert-OH is 1. The molecule has 2 aromatic heterocycles. The van der Waals surface area contributed by atoms with E-state index in [0.29, 0.717) is 23.7 Å². The first-order chi connectivity index (χ1) is 13.6. The molecule has 28 heavy (non-hydrogen) atoms. The van der Waals surface area contributed by atoms with E-state index in [4.69, 9.17) is 9.84 Å². The second kappa shape index (κ2) is 7.56. The van der Waals surface area contributed by atoms with Gasteiger partial charge in [-0.25, -0.2) is 4.98 Å². The van der Waals surface area contributed by atoms with Crippen molar-refractivity contribution >= 4 is 0 Å². The van der Waals surface area contributed by atoms with Gasteiger partial charge in [-0.2, -0.15) is 9.78 Å². The van der Waals surface area contributed by atoms with Crippen LogP contribution in [0, 0.1) is 6.92 Å². The molecule has 0 fully saturated rings. The first-order valence-corrected chi connectivity index (χ1v) is 9.42. The zero-order valence-electron chi connectivity index (χ0n) is 16.1. The van der Waals surface area contributed by atoms with Crippen molar-refractivity contribution in [1.29, 1.82) is 0 Å². The minimum atomic E-state index is -0.109. The van der Waals surface area contributed by atoms with Crippen LogP contribution in [0.2, 0.25) is 0 Å². The van der Waals surface area contributed by atoms with Gasteiger partial charge in [-0.05, 0) is 66.5 Å². The fraction of sp³-hybridized carbons (Fsp3) is 0.318. The predicted octanol–water partition coefficient (Wildman–Crippen LogP) is 2.71. The number of rotatable bonds is 4. The van der Waals surface area contributed by atoms with Gasteiger partial charge in [-0.15, -0.1) is 0 Å². The number of aliphatic hydroxyl groups is 1. The van der Waals surface area contributed by atoms with Crippen LogP contribution >= 0.6 is 0 Å². The summed E-state index contributed by atoms with van der Waals surface area (Å²) in [5.74, 6) is 1.71. The van der Waals surface area contributed by atoms with Crippen LogP contribution in [0.1, 0.15) is 40.2 Å². The summed E-state index contributed by atoms with van der Waals surface area (Å²) in [4.78, 5) is 17.2. The molecule has 0 radical (unpaired) electrons. The van der Waals surface area contributed by atoms with Crippen LogP contribution in [0.15, 0.2) is 47.5 Å². The third kappa shape index (κ3) is 3.20. The van der Waals surface area contributed by atoms with Crippen LogP contribution < -0.4 is 10.3 Å². The number of hydrogen-bond acceptors (Lipinski definition) is 5. The zero-order chi connectivity index (χ0) is 19.7. The number of ether oxygens (including phenoxy) is 1. The summed E-state index contributed by atoms with van der Waals surface area (Å²) < 4.78 is 6.80. The molecule has 0 amide bonds. The largest absolute Gasteiger partial charge is 0.496 e. The third-order valence-electron chi connectivity index (χ3n) is 5.57. The SMILES string of the molecule is COc1cccc(C2CCc3c(cnn(-c4ccc(CO)cn4)c3=O)C2)c1C. The van der Waals surface area contributed by atoms with E-state index in [9.17, 15) is 4.79 Å². The van der Waals surface area contributed by atoms with Crippen LogP contribution in [0.5, 0.6) is 5.75 Å². The van der Waals surface area contributed by atoms with Crippen molar-refractivity contribution in [3.05, 3.63) is 80.9 Å². The minimum absolute atomic E-state index is 0.0785. The van der Waals surface area contributed by atoms with Crippen molar-refractivity contribution in [2.24, 2.45) is 0 Å². The number of methoxy groups -OCH3 is 1. The maximum atomic E-state index is 13.0. The van der Waals surface area contributed by atoms with Gasteiger partial charge in [0.2, 0.25) is 0 Å². The van der Waals surface area contributed by atoms with E-state index >= 15 is 0 Å². The minimum Gasteiger partial charge on any atom is -0.496 e. The highest BCUT2D eigenvalue weighted by molar-refractivity contribution is 5.43. The maximum Gasteiger partial charge on any atom is 0.276 e. The Labute approximate surface area is 163 Å². The van der Waals surface area contributed by atoms with Crippen molar-refractivity contribution in [2.45, 2.75) is 38.7 Å². The molecule has 1 aliphatic carbocycles. The van der Waals surface area contributed by atoms with Gasteiger partial charge in [0, 0.05) is 11.8 Å². The Kier molecular flexibility index (Phi) is 4.96. The Morgan fingerprint density at radius 2 is 2.11 bits per heavy atom. The van der Waals surface area contributed by atoms with E-state index in [1.807, 2.05) is 12.1 Å². The standard InChI is InChI=1S/C22H23N3O3/c1-14-18(4-3-5-20(14)28-2)16-7-8-19-17(10-16)12-24-25(22(19)27)21-9-6-15(13-26)11-23-21/h3-6,9,11-12,16,26H,7-8,10,13H2,1-2H3. The average Bonchev–Trinajstić information content (AvgIpc) is 2.74. The fourth-order valence-corrected chi connectivity index (χ4v) is 4.01. The van der Waals surface area contributed by atoms with Crippen molar-refractivity contribution in [3.8, 4) is 11.6 Å². The molecule has 1 aromatic carbocycles. The molecule has 0 saturated heterocycles. The van der Waals surface area contributed by atoms with Crippen LogP contribution in [-0.2, 0) is 19.4 Å². The van der Waals surface area contributed by atoms with E-state index < -0.39 is 0 Å². The Hall–Kier alpha value is -2.99. The molecule has 0 spiro atoms. The number of pyridine rings is 1. The summed E-state index contributed by atoms with van der Waals surface area (Å²) in [6, 6.07) is 9.60. The van der Waals surface area contributed by atoms with Gasteiger partial charge in [0.05, 0.1) is 19.9 Å². The molecule has 0 bridgehead atoms. The molecule has 1 N–H and O–H groups in total. The van der Waals surface area contributed by atoms with Gasteiger partial charge in [-0.3, -0.25) is 4.79 Å². The van der Waals surface area contributed by atoms with Crippen molar-refractivity contribution in [2.75, 3.05) is 7.11 Å². The van der Waals surface area contributed by atoms with Gasteiger partial charge in [-0.1, -0.05) is 18.2 Å². The zero-order valence-corrected chi connectivity index (χ0v) is 16.1. The summed E-state index contributed by atoms with van der Waals surface area (Å²) >= 11 is 0. The molecule has 4 rings (SSSR count). The topological polar surface area (TPSA) is 77.2 Å². The maximum absolute atomic E-state index is 13.0. The normalized spacial score (nSPS) is 15.9. The molecule has 3 aromatic rings. The second-order valence-corrected chi connectivity index (χ2v) is 7.16. The van der Waals surface area contributed by atoms with Crippen LogP contribution in [0.4, 0.5) is 0 Å². The highest BCUT2D eigenvalue weighted by Crippen LogP contribution is 2.35. The van der Waals surface area contributed by atoms with Crippen LogP contribution in [0.3, 0.4) is 0 Å². The van der Waals surface area contributed by atoms with E-state index in [0.717, 1.165) is 35.3 Å². The molecule has 0 saturated carbocycles. The lowest BCUT2D eigenvalue weighted by atomic mass is 9.79. The number of benzene rings is 1. The second-order valence-electron chi connectivity index (χ2n) is 7.16. The highest BCUT2D eigenvalue weighted by Gasteiger charge is 2.25. The third-order valence-corrected chi connectivity index (χ3v) is 5.57. The molecule has 1 aliphatic rings. The first kappa shape index (κ1) is 18.4. The fourth-order valence-electron chi connectivity index (χ4n) is 4.01. The van der Waals surface area contributed by atoms with Crippen molar-refractivity contribution in [3.63, 3.8) is 0 Å². The van der Waals surface area contributed by atoms with E-state index in [1.165, 1.54) is 10.2 Å². The van der Waals surface area contributed by atoms with Gasteiger partial charge in [0.25, 0.3) is 5.56 Å². The molecule has 0 aliphatic heterocycles. The Balaban J connectivity index is 1.66. The van der Waals surface area contributed by atoms with Gasteiger partial charge >= 0.3 is 0 Å². The Morgan fingerprint density at radius 3 is 2.82 bits per heavy atom. The lowest BCUT2D eigenvalue weighted by molar-refractivity contribution is 0.281. The molecule has 6 nitrogen and oxygen atoms in total. The lowest BCUT2D eigenvalue weighted by Crippen LogP contribution is -2.30. The number of hydrogen-bond donors (Lipinski definition) is 1. The highest BCUT2D eigenvalue weighted by atomic mass is 16.5. The van der Waals surface area contributed by atoms with E-state index in [1.54, 1.807) is 31.6 Å². The summed E-state index contributed by atoms with van der Waals surface area (Å²) in [6.07, 6.45) is 5.78. The van der Waals surface area contributed by atoms with Gasteiger partial charge in [0.1, 0.15) is 5.75 Å². The summed E-state index contributed by atoms with van der Waals surface area (Å²) in [7, 11) is 1.69. The van der Waals surface area contributed by atoms with E-state index in [-0.39, 0.29) is 12.2 Å². The smallest absolute Gasteiger partial charge is 0.276 e. The van der Waals surface area contributed by atoms with E-state index in [2.05, 4.69) is 23.1 Å².